The van der Waals surface area contributed by atoms with Gasteiger partial charge in [-0.25, -0.2) is 0 Å². The van der Waals surface area contributed by atoms with Crippen LogP contribution in [0, 0.1) is 0 Å². The van der Waals surface area contributed by atoms with Crippen LogP contribution in [0.2, 0.25) is 10.0 Å². The van der Waals surface area contributed by atoms with E-state index in [2.05, 4.69) is 5.32 Å². The highest BCUT2D eigenvalue weighted by Crippen LogP contribution is 2.20. The molecule has 0 heterocycles. The minimum atomic E-state index is -0.478. The van der Waals surface area contributed by atoms with Crippen molar-refractivity contribution in [3.05, 3.63) is 33.8 Å². The molecule has 8 heteroatoms. The third kappa shape index (κ3) is 5.69. The van der Waals surface area contributed by atoms with Crippen LogP contribution in [0.25, 0.3) is 0 Å². The van der Waals surface area contributed by atoms with E-state index < -0.39 is 5.91 Å². The number of benzene rings is 1. The molecule has 0 atom stereocenters. The monoisotopic (exact) mass is 373 g/mol. The summed E-state index contributed by atoms with van der Waals surface area (Å²) in [4.78, 5) is 39.0. The van der Waals surface area contributed by atoms with Gasteiger partial charge >= 0.3 is 0 Å². The van der Waals surface area contributed by atoms with E-state index in [9.17, 15) is 14.4 Å². The first kappa shape index (κ1) is 20.3. The molecule has 24 heavy (non-hydrogen) atoms. The maximum atomic E-state index is 12.0. The maximum absolute atomic E-state index is 12.0. The summed E-state index contributed by atoms with van der Waals surface area (Å²) < 4.78 is 0. The van der Waals surface area contributed by atoms with Crippen LogP contribution in [-0.2, 0) is 9.59 Å². The zero-order valence-electron chi connectivity index (χ0n) is 13.9. The van der Waals surface area contributed by atoms with Gasteiger partial charge in [-0.1, -0.05) is 23.2 Å². The molecule has 0 bridgehead atoms. The SMILES string of the molecule is CCN(CC)C(=O)CN(C)C(=O)CNC(=O)c1ccc(Cl)cc1Cl. The summed E-state index contributed by atoms with van der Waals surface area (Å²) in [6, 6.07) is 4.48. The molecule has 0 saturated heterocycles. The highest BCUT2D eigenvalue weighted by molar-refractivity contribution is 6.36. The largest absolute Gasteiger partial charge is 0.343 e. The van der Waals surface area contributed by atoms with Crippen molar-refractivity contribution >= 4 is 40.9 Å². The number of rotatable bonds is 7. The van der Waals surface area contributed by atoms with E-state index >= 15 is 0 Å². The van der Waals surface area contributed by atoms with Crippen molar-refractivity contribution in [3.63, 3.8) is 0 Å². The first-order chi connectivity index (χ1) is 11.3. The minimum Gasteiger partial charge on any atom is -0.343 e. The predicted molar refractivity (Wildman–Crippen MR) is 94.4 cm³/mol. The molecule has 132 valence electrons. The molecule has 1 aromatic carbocycles. The Balaban J connectivity index is 2.55. The van der Waals surface area contributed by atoms with Crippen molar-refractivity contribution in [1.82, 2.24) is 15.1 Å². The molecule has 3 amide bonds. The molecule has 0 aliphatic rings. The van der Waals surface area contributed by atoms with Gasteiger partial charge in [0, 0.05) is 25.2 Å². The van der Waals surface area contributed by atoms with Crippen molar-refractivity contribution in [3.8, 4) is 0 Å². The number of nitrogens with one attached hydrogen (secondary N) is 1. The average Bonchev–Trinajstić information content (AvgIpc) is 2.53. The second-order valence-electron chi connectivity index (χ2n) is 5.12. The predicted octanol–water partition coefficient (Wildman–Crippen LogP) is 2.05. The van der Waals surface area contributed by atoms with Crippen LogP contribution < -0.4 is 5.32 Å². The number of nitrogens with zero attached hydrogens (tertiary/aromatic N) is 2. The third-order valence-corrected chi connectivity index (χ3v) is 4.04. The highest BCUT2D eigenvalue weighted by Gasteiger charge is 2.18. The number of halogens is 2. The van der Waals surface area contributed by atoms with E-state index in [-0.39, 0.29) is 35.5 Å². The van der Waals surface area contributed by atoms with Crippen molar-refractivity contribution < 1.29 is 14.4 Å². The Hall–Kier alpha value is -1.79. The zero-order chi connectivity index (χ0) is 18.3. The lowest BCUT2D eigenvalue weighted by Crippen LogP contribution is -2.44. The van der Waals surface area contributed by atoms with E-state index in [0.29, 0.717) is 18.1 Å². The number of amides is 3. The first-order valence-electron chi connectivity index (χ1n) is 7.55. The van der Waals surface area contributed by atoms with Gasteiger partial charge in [0.2, 0.25) is 11.8 Å². The number of carbonyl (C=O) groups excluding carboxylic acids is 3. The highest BCUT2D eigenvalue weighted by atomic mass is 35.5. The van der Waals surface area contributed by atoms with Gasteiger partial charge in [-0.05, 0) is 32.0 Å². The molecule has 6 nitrogen and oxygen atoms in total. The Morgan fingerprint density at radius 2 is 1.71 bits per heavy atom. The van der Waals surface area contributed by atoms with Crippen molar-refractivity contribution in [2.45, 2.75) is 13.8 Å². The van der Waals surface area contributed by atoms with Gasteiger partial charge in [0.25, 0.3) is 5.91 Å². The van der Waals surface area contributed by atoms with E-state index in [1.165, 1.54) is 24.1 Å². The molecule has 0 unspecified atom stereocenters. The van der Waals surface area contributed by atoms with Gasteiger partial charge in [0.15, 0.2) is 0 Å². The van der Waals surface area contributed by atoms with Gasteiger partial charge in [-0.15, -0.1) is 0 Å². The lowest BCUT2D eigenvalue weighted by Gasteiger charge is -2.23. The molecule has 0 aliphatic heterocycles. The zero-order valence-corrected chi connectivity index (χ0v) is 15.4. The van der Waals surface area contributed by atoms with Crippen LogP contribution in [0.1, 0.15) is 24.2 Å². The first-order valence-corrected chi connectivity index (χ1v) is 8.30. The van der Waals surface area contributed by atoms with Gasteiger partial charge in [-0.2, -0.15) is 0 Å². The summed E-state index contributed by atoms with van der Waals surface area (Å²) in [5.74, 6) is -0.981. The summed E-state index contributed by atoms with van der Waals surface area (Å²) in [6.45, 7) is 4.67. The second-order valence-corrected chi connectivity index (χ2v) is 5.97. The number of carbonyl (C=O) groups is 3. The Labute approximate surface area is 151 Å². The number of hydrogen-bond acceptors (Lipinski definition) is 3. The molecule has 0 radical (unpaired) electrons. The number of likely N-dealkylation sites (N-methyl/N-ethyl adjacent to an activating group) is 2. The van der Waals surface area contributed by atoms with E-state index in [4.69, 9.17) is 23.2 Å². The summed E-state index contributed by atoms with van der Waals surface area (Å²) >= 11 is 11.7. The Morgan fingerprint density at radius 1 is 1.08 bits per heavy atom. The molecule has 0 fully saturated rings. The van der Waals surface area contributed by atoms with Crippen LogP contribution in [0.5, 0.6) is 0 Å². The standard InChI is InChI=1S/C16H21Cl2N3O3/c1-4-21(5-2)15(23)10-20(3)14(22)9-19-16(24)12-7-6-11(17)8-13(12)18/h6-8H,4-5,9-10H2,1-3H3,(H,19,24). The van der Waals surface area contributed by atoms with Crippen LogP contribution >= 0.6 is 23.2 Å². The topological polar surface area (TPSA) is 69.7 Å². The van der Waals surface area contributed by atoms with Crippen molar-refractivity contribution in [2.75, 3.05) is 33.2 Å². The number of hydrogen-bond donors (Lipinski definition) is 1. The smallest absolute Gasteiger partial charge is 0.253 e. The summed E-state index contributed by atoms with van der Waals surface area (Å²) in [5, 5.41) is 3.11. The molecule has 1 rings (SSSR count). The quantitative estimate of drug-likeness (QED) is 0.794. The van der Waals surface area contributed by atoms with Crippen LogP contribution in [0.3, 0.4) is 0 Å². The van der Waals surface area contributed by atoms with Gasteiger partial charge in [0.05, 0.1) is 23.7 Å². The average molecular weight is 374 g/mol. The molecule has 1 aromatic rings. The van der Waals surface area contributed by atoms with E-state index in [1.807, 2.05) is 13.8 Å². The minimum absolute atomic E-state index is 0.0297. The Bertz CT molecular complexity index is 619. The Kier molecular flexibility index (Phi) is 8.01. The van der Waals surface area contributed by atoms with E-state index in [0.717, 1.165) is 0 Å². The maximum Gasteiger partial charge on any atom is 0.253 e. The summed E-state index contributed by atoms with van der Waals surface area (Å²) in [5.41, 5.74) is 0.232. The summed E-state index contributed by atoms with van der Waals surface area (Å²) in [6.07, 6.45) is 0. The molecule has 0 aliphatic carbocycles. The fourth-order valence-corrected chi connectivity index (χ4v) is 2.52. The molecule has 0 spiro atoms. The molecule has 1 N–H and O–H groups in total. The third-order valence-electron chi connectivity index (χ3n) is 3.49. The normalized spacial score (nSPS) is 10.2. The molecular formula is C16H21Cl2N3O3. The van der Waals surface area contributed by atoms with Gasteiger partial charge in [0.1, 0.15) is 0 Å². The van der Waals surface area contributed by atoms with Crippen molar-refractivity contribution in [1.29, 1.82) is 0 Å². The Morgan fingerprint density at radius 3 is 2.25 bits per heavy atom. The molecule has 0 aromatic heterocycles. The van der Waals surface area contributed by atoms with Gasteiger partial charge < -0.3 is 15.1 Å². The molecule has 0 saturated carbocycles. The van der Waals surface area contributed by atoms with Crippen molar-refractivity contribution in [2.24, 2.45) is 0 Å². The van der Waals surface area contributed by atoms with Crippen LogP contribution in [0.15, 0.2) is 18.2 Å². The van der Waals surface area contributed by atoms with E-state index in [1.54, 1.807) is 11.0 Å². The second kappa shape index (κ2) is 9.49. The fraction of sp³-hybridized carbons (Fsp3) is 0.438. The fourth-order valence-electron chi connectivity index (χ4n) is 2.03. The van der Waals surface area contributed by atoms with Crippen LogP contribution in [0.4, 0.5) is 0 Å². The van der Waals surface area contributed by atoms with Crippen LogP contribution in [-0.4, -0.2) is 60.7 Å². The molecular weight excluding hydrogens is 353 g/mol. The summed E-state index contributed by atoms with van der Waals surface area (Å²) in [7, 11) is 1.52. The lowest BCUT2D eigenvalue weighted by atomic mass is 10.2. The lowest BCUT2D eigenvalue weighted by molar-refractivity contribution is -0.138. The van der Waals surface area contributed by atoms with Gasteiger partial charge in [-0.3, -0.25) is 14.4 Å².